The summed E-state index contributed by atoms with van der Waals surface area (Å²) in [7, 11) is 0. The van der Waals surface area contributed by atoms with E-state index >= 15 is 0 Å². The SMILES string of the molecule is CC(N)c1noc(CC(F)(F)F)n1. The van der Waals surface area contributed by atoms with Crippen LogP contribution < -0.4 is 5.73 Å². The molecule has 0 radical (unpaired) electrons. The summed E-state index contributed by atoms with van der Waals surface area (Å²) in [6.45, 7) is 1.56. The fourth-order valence-corrected chi connectivity index (χ4v) is 0.696. The van der Waals surface area contributed by atoms with E-state index in [0.29, 0.717) is 0 Å². The molecule has 7 heteroatoms. The predicted octanol–water partition coefficient (Wildman–Crippen LogP) is 1.19. The summed E-state index contributed by atoms with van der Waals surface area (Å²) in [6, 6.07) is -0.522. The highest BCUT2D eigenvalue weighted by molar-refractivity contribution is 4.92. The van der Waals surface area contributed by atoms with E-state index in [1.807, 2.05) is 0 Å². The quantitative estimate of drug-likeness (QED) is 0.769. The molecule has 1 aromatic rings. The van der Waals surface area contributed by atoms with Crippen LogP contribution >= 0.6 is 0 Å². The van der Waals surface area contributed by atoms with E-state index in [4.69, 9.17) is 5.73 Å². The second kappa shape index (κ2) is 3.33. The molecule has 0 bridgehead atoms. The normalized spacial score (nSPS) is 14.5. The first kappa shape index (κ1) is 9.97. The van der Waals surface area contributed by atoms with E-state index in [2.05, 4.69) is 14.7 Å². The molecule has 1 aromatic heterocycles. The van der Waals surface area contributed by atoms with Gasteiger partial charge in [0, 0.05) is 0 Å². The van der Waals surface area contributed by atoms with Crippen molar-refractivity contribution >= 4 is 0 Å². The smallest absolute Gasteiger partial charge is 0.339 e. The molecule has 1 heterocycles. The van der Waals surface area contributed by atoms with Crippen molar-refractivity contribution in [1.82, 2.24) is 10.1 Å². The van der Waals surface area contributed by atoms with Gasteiger partial charge in [0.1, 0.15) is 6.42 Å². The molecule has 1 atom stereocenters. The largest absolute Gasteiger partial charge is 0.397 e. The molecule has 0 aliphatic heterocycles. The Hall–Kier alpha value is -1.11. The van der Waals surface area contributed by atoms with E-state index in [-0.39, 0.29) is 5.82 Å². The van der Waals surface area contributed by atoms with E-state index in [1.54, 1.807) is 6.92 Å². The lowest BCUT2D eigenvalue weighted by Crippen LogP contribution is -2.12. The zero-order valence-electron chi connectivity index (χ0n) is 6.80. The Morgan fingerprint density at radius 3 is 2.54 bits per heavy atom. The molecular formula is C6H8F3N3O. The Balaban J connectivity index is 2.70. The third-order valence-electron chi connectivity index (χ3n) is 1.24. The molecule has 0 spiro atoms. The summed E-state index contributed by atoms with van der Waals surface area (Å²) in [6.07, 6.45) is -5.55. The first-order valence-electron chi connectivity index (χ1n) is 3.53. The van der Waals surface area contributed by atoms with E-state index in [9.17, 15) is 13.2 Å². The minimum atomic E-state index is -4.33. The Bertz CT molecular complexity index is 281. The number of nitrogens with two attached hydrogens (primary N) is 1. The van der Waals surface area contributed by atoms with E-state index < -0.39 is 24.5 Å². The number of aromatic nitrogens is 2. The van der Waals surface area contributed by atoms with Gasteiger partial charge in [0.2, 0.25) is 5.89 Å². The summed E-state index contributed by atoms with van der Waals surface area (Å²) in [4.78, 5) is 3.47. The summed E-state index contributed by atoms with van der Waals surface area (Å²) >= 11 is 0. The van der Waals surface area contributed by atoms with Gasteiger partial charge in [-0.1, -0.05) is 5.16 Å². The third kappa shape index (κ3) is 3.02. The molecule has 0 aromatic carbocycles. The van der Waals surface area contributed by atoms with Gasteiger partial charge in [-0.3, -0.25) is 0 Å². The Labute approximate surface area is 71.9 Å². The van der Waals surface area contributed by atoms with Gasteiger partial charge in [0.25, 0.3) is 0 Å². The van der Waals surface area contributed by atoms with Crippen molar-refractivity contribution in [3.05, 3.63) is 11.7 Å². The number of alkyl halides is 3. The molecule has 0 saturated heterocycles. The second-order valence-electron chi connectivity index (χ2n) is 2.63. The summed E-state index contributed by atoms with van der Waals surface area (Å²) in [5, 5.41) is 3.29. The van der Waals surface area contributed by atoms with Crippen molar-refractivity contribution in [2.75, 3.05) is 0 Å². The van der Waals surface area contributed by atoms with E-state index in [1.165, 1.54) is 0 Å². The van der Waals surface area contributed by atoms with Crippen LogP contribution in [-0.4, -0.2) is 16.3 Å². The van der Waals surface area contributed by atoms with Crippen molar-refractivity contribution in [2.45, 2.75) is 25.6 Å². The average molecular weight is 195 g/mol. The van der Waals surface area contributed by atoms with Gasteiger partial charge in [-0.25, -0.2) is 0 Å². The zero-order chi connectivity index (χ0) is 10.1. The maximum atomic E-state index is 11.8. The first-order chi connectivity index (χ1) is 5.88. The number of rotatable bonds is 2. The van der Waals surface area contributed by atoms with Gasteiger partial charge in [-0.15, -0.1) is 0 Å². The maximum Gasteiger partial charge on any atom is 0.397 e. The first-order valence-corrected chi connectivity index (χ1v) is 3.53. The van der Waals surface area contributed by atoms with Crippen molar-refractivity contribution in [1.29, 1.82) is 0 Å². The third-order valence-corrected chi connectivity index (χ3v) is 1.24. The summed E-state index contributed by atoms with van der Waals surface area (Å²) in [5.74, 6) is -0.376. The van der Waals surface area contributed by atoms with Crippen LogP contribution in [0, 0.1) is 0 Å². The van der Waals surface area contributed by atoms with Gasteiger partial charge < -0.3 is 10.3 Å². The van der Waals surface area contributed by atoms with Gasteiger partial charge in [0.05, 0.1) is 6.04 Å². The lowest BCUT2D eigenvalue weighted by Gasteiger charge is -1.99. The predicted molar refractivity (Wildman–Crippen MR) is 36.7 cm³/mol. The van der Waals surface area contributed by atoms with Crippen LogP contribution in [0.15, 0.2) is 4.52 Å². The fourth-order valence-electron chi connectivity index (χ4n) is 0.696. The van der Waals surface area contributed by atoms with Gasteiger partial charge in [0.15, 0.2) is 5.82 Å². The van der Waals surface area contributed by atoms with Crippen LogP contribution in [0.1, 0.15) is 24.7 Å². The summed E-state index contributed by atoms with van der Waals surface area (Å²) < 4.78 is 39.7. The molecule has 74 valence electrons. The highest BCUT2D eigenvalue weighted by atomic mass is 19.4. The average Bonchev–Trinajstić information content (AvgIpc) is 2.31. The van der Waals surface area contributed by atoms with Crippen molar-refractivity contribution in [3.8, 4) is 0 Å². The molecule has 0 amide bonds. The fraction of sp³-hybridized carbons (Fsp3) is 0.667. The van der Waals surface area contributed by atoms with Gasteiger partial charge in [-0.2, -0.15) is 18.2 Å². The molecular weight excluding hydrogens is 187 g/mol. The second-order valence-corrected chi connectivity index (χ2v) is 2.63. The molecule has 0 saturated carbocycles. The molecule has 1 rings (SSSR count). The Morgan fingerprint density at radius 2 is 2.15 bits per heavy atom. The van der Waals surface area contributed by atoms with Crippen LogP contribution in [0.5, 0.6) is 0 Å². The minimum Gasteiger partial charge on any atom is -0.339 e. The molecule has 0 aliphatic rings. The van der Waals surface area contributed by atoms with Gasteiger partial charge >= 0.3 is 6.18 Å². The number of halogens is 3. The van der Waals surface area contributed by atoms with Crippen LogP contribution in [0.4, 0.5) is 13.2 Å². The highest BCUT2D eigenvalue weighted by Gasteiger charge is 2.31. The maximum absolute atomic E-state index is 11.8. The van der Waals surface area contributed by atoms with Gasteiger partial charge in [-0.05, 0) is 6.92 Å². The standard InChI is InChI=1S/C6H8F3N3O/c1-3(10)5-11-4(13-12-5)2-6(7,8)9/h3H,2,10H2,1H3. The molecule has 0 aliphatic carbocycles. The number of hydrogen-bond donors (Lipinski definition) is 1. The lowest BCUT2D eigenvalue weighted by molar-refractivity contribution is -0.131. The van der Waals surface area contributed by atoms with Crippen LogP contribution in [-0.2, 0) is 6.42 Å². The highest BCUT2D eigenvalue weighted by Crippen LogP contribution is 2.20. The van der Waals surface area contributed by atoms with Crippen molar-refractivity contribution < 1.29 is 17.7 Å². The van der Waals surface area contributed by atoms with Crippen LogP contribution in [0.3, 0.4) is 0 Å². The van der Waals surface area contributed by atoms with Crippen LogP contribution in [0.25, 0.3) is 0 Å². The minimum absolute atomic E-state index is 0.0826. The number of nitrogens with zero attached hydrogens (tertiary/aromatic N) is 2. The number of hydrogen-bond acceptors (Lipinski definition) is 4. The van der Waals surface area contributed by atoms with Crippen LogP contribution in [0.2, 0.25) is 0 Å². The molecule has 13 heavy (non-hydrogen) atoms. The summed E-state index contributed by atoms with van der Waals surface area (Å²) in [5.41, 5.74) is 5.32. The Morgan fingerprint density at radius 1 is 1.54 bits per heavy atom. The lowest BCUT2D eigenvalue weighted by atomic mass is 10.3. The van der Waals surface area contributed by atoms with Crippen molar-refractivity contribution in [2.24, 2.45) is 5.73 Å². The molecule has 1 unspecified atom stereocenters. The molecule has 4 nitrogen and oxygen atoms in total. The molecule has 0 fully saturated rings. The molecule has 2 N–H and O–H groups in total. The monoisotopic (exact) mass is 195 g/mol. The van der Waals surface area contributed by atoms with E-state index in [0.717, 1.165) is 0 Å². The zero-order valence-corrected chi connectivity index (χ0v) is 6.80. The van der Waals surface area contributed by atoms with Crippen molar-refractivity contribution in [3.63, 3.8) is 0 Å². The topological polar surface area (TPSA) is 64.9 Å². The Kier molecular flexibility index (Phi) is 2.55.